The average molecular weight is 514 g/mol. The lowest BCUT2D eigenvalue weighted by Crippen LogP contribution is -2.28. The van der Waals surface area contributed by atoms with E-state index in [4.69, 9.17) is 0 Å². The Labute approximate surface area is 236 Å². The van der Waals surface area contributed by atoms with Crippen molar-refractivity contribution in [3.63, 3.8) is 0 Å². The van der Waals surface area contributed by atoms with Gasteiger partial charge in [0.15, 0.2) is 0 Å². The molecule has 0 saturated heterocycles. The number of nitrogens with zero attached hydrogens (tertiary/aromatic N) is 1. The van der Waals surface area contributed by atoms with E-state index in [1.54, 1.807) is 0 Å². The van der Waals surface area contributed by atoms with Crippen LogP contribution in [0.25, 0.3) is 5.57 Å². The van der Waals surface area contributed by atoms with Crippen LogP contribution in [0.3, 0.4) is 0 Å². The van der Waals surface area contributed by atoms with E-state index in [2.05, 4.69) is 124 Å². The van der Waals surface area contributed by atoms with E-state index in [1.807, 2.05) is 26.0 Å². The van der Waals surface area contributed by atoms with Gasteiger partial charge in [0.1, 0.15) is 0 Å². The molecular weight excluding hydrogens is 470 g/mol. The van der Waals surface area contributed by atoms with Gasteiger partial charge in [-0.25, -0.2) is 0 Å². The summed E-state index contributed by atoms with van der Waals surface area (Å²) in [6, 6.07) is 19.6. The van der Waals surface area contributed by atoms with E-state index in [0.717, 1.165) is 25.9 Å². The predicted octanol–water partition coefficient (Wildman–Crippen LogP) is 10.1. The van der Waals surface area contributed by atoms with Crippen molar-refractivity contribution in [3.8, 4) is 0 Å². The molecule has 1 unspecified atom stereocenters. The van der Waals surface area contributed by atoms with Crippen LogP contribution in [0.2, 0.25) is 0 Å². The summed E-state index contributed by atoms with van der Waals surface area (Å²) < 4.78 is 0. The first-order valence-electron chi connectivity index (χ1n) is 14.4. The first-order valence-corrected chi connectivity index (χ1v) is 14.4. The second kappa shape index (κ2) is 12.3. The van der Waals surface area contributed by atoms with Gasteiger partial charge in [0, 0.05) is 18.8 Å². The van der Waals surface area contributed by atoms with Crippen LogP contribution in [-0.2, 0) is 5.41 Å². The number of benzene rings is 2. The smallest absolute Gasteiger partial charge is 0.0679 e. The lowest BCUT2D eigenvalue weighted by Gasteiger charge is -2.34. The Morgan fingerprint density at radius 1 is 1.00 bits per heavy atom. The van der Waals surface area contributed by atoms with Crippen LogP contribution in [0.5, 0.6) is 0 Å². The molecule has 0 amide bonds. The number of rotatable bonds is 8. The van der Waals surface area contributed by atoms with Crippen LogP contribution in [0.4, 0.5) is 5.69 Å². The third kappa shape index (κ3) is 4.76. The number of allylic oxidation sites excluding steroid dienone is 12. The van der Waals surface area contributed by atoms with Crippen LogP contribution in [0.1, 0.15) is 58.6 Å². The summed E-state index contributed by atoms with van der Waals surface area (Å²) in [7, 11) is 0. The van der Waals surface area contributed by atoms with E-state index in [9.17, 15) is 0 Å². The highest BCUT2D eigenvalue weighted by molar-refractivity contribution is 5.93. The van der Waals surface area contributed by atoms with Gasteiger partial charge in [-0.1, -0.05) is 106 Å². The van der Waals surface area contributed by atoms with Crippen molar-refractivity contribution in [2.24, 2.45) is 0 Å². The predicted molar refractivity (Wildman–Crippen MR) is 172 cm³/mol. The highest BCUT2D eigenvalue weighted by Crippen LogP contribution is 2.62. The number of fused-ring (bicyclic) bond motifs is 3. The molecule has 2 aromatic rings. The van der Waals surface area contributed by atoms with Crippen LogP contribution in [-0.4, -0.2) is 13.1 Å². The Kier molecular flexibility index (Phi) is 8.92. The summed E-state index contributed by atoms with van der Waals surface area (Å²) in [6.45, 7) is 20.8. The molecule has 2 aromatic carbocycles. The third-order valence-corrected chi connectivity index (χ3v) is 8.29. The van der Waals surface area contributed by atoms with Crippen LogP contribution in [0.15, 0.2) is 144 Å². The van der Waals surface area contributed by atoms with Gasteiger partial charge < -0.3 is 4.90 Å². The maximum atomic E-state index is 4.22. The molecule has 200 valence electrons. The molecule has 0 N–H and O–H groups in total. The fraction of sp³-hybridized carbons (Fsp3) is 0.263. The van der Waals surface area contributed by atoms with Gasteiger partial charge in [-0.05, 0) is 102 Å². The van der Waals surface area contributed by atoms with E-state index >= 15 is 0 Å². The van der Waals surface area contributed by atoms with Crippen molar-refractivity contribution in [2.45, 2.75) is 52.9 Å². The summed E-state index contributed by atoms with van der Waals surface area (Å²) in [6.07, 6.45) is 17.7. The van der Waals surface area contributed by atoms with Crippen LogP contribution >= 0.6 is 0 Å². The summed E-state index contributed by atoms with van der Waals surface area (Å²) in [4.78, 5) is 2.41. The number of para-hydroxylation sites is 1. The molecule has 5 rings (SSSR count). The van der Waals surface area contributed by atoms with Crippen molar-refractivity contribution in [3.05, 3.63) is 155 Å². The van der Waals surface area contributed by atoms with Gasteiger partial charge in [0.2, 0.25) is 0 Å². The van der Waals surface area contributed by atoms with Gasteiger partial charge in [-0.3, -0.25) is 0 Å². The lowest BCUT2D eigenvalue weighted by atomic mass is 9.67. The zero-order chi connectivity index (χ0) is 28.0. The molecule has 3 aliphatic carbocycles. The molecule has 1 nitrogen and oxygen atoms in total. The highest BCUT2D eigenvalue weighted by Gasteiger charge is 2.51. The molecule has 1 atom stereocenters. The molecule has 0 aromatic heterocycles. The SMILES string of the molecule is C=C/C=C\C1=C(C)C2=C(C=CCC2)C12C(C)=C(/C=C(\C=C)CN(CC)c1ccccc1)c1ccccc12.CC. The molecule has 0 radical (unpaired) electrons. The Morgan fingerprint density at radius 2 is 1.72 bits per heavy atom. The second-order valence-corrected chi connectivity index (χ2v) is 10.1. The Balaban J connectivity index is 0.00000172. The van der Waals surface area contributed by atoms with Crippen LogP contribution < -0.4 is 4.90 Å². The molecular formula is C38H43N. The largest absolute Gasteiger partial charge is 0.367 e. The number of anilines is 1. The average Bonchev–Trinajstić information content (AvgIpc) is 3.39. The molecule has 3 aliphatic rings. The molecule has 1 spiro atoms. The van der Waals surface area contributed by atoms with Gasteiger partial charge in [-0.15, -0.1) is 0 Å². The maximum Gasteiger partial charge on any atom is 0.0679 e. The van der Waals surface area contributed by atoms with Gasteiger partial charge in [0.25, 0.3) is 0 Å². The number of likely N-dealkylation sites (N-methyl/N-ethyl adjacent to an activating group) is 1. The van der Waals surface area contributed by atoms with Crippen LogP contribution in [0, 0.1) is 0 Å². The van der Waals surface area contributed by atoms with Gasteiger partial charge in [-0.2, -0.15) is 0 Å². The summed E-state index contributed by atoms with van der Waals surface area (Å²) in [5.74, 6) is 0. The quantitative estimate of drug-likeness (QED) is 0.317. The van der Waals surface area contributed by atoms with E-state index in [0.29, 0.717) is 0 Å². The zero-order valence-corrected chi connectivity index (χ0v) is 24.4. The molecule has 0 fully saturated rings. The summed E-state index contributed by atoms with van der Waals surface area (Å²) in [5.41, 5.74) is 13.4. The monoisotopic (exact) mass is 513 g/mol. The maximum absolute atomic E-state index is 4.22. The second-order valence-electron chi connectivity index (χ2n) is 10.1. The molecule has 0 heterocycles. The van der Waals surface area contributed by atoms with Crippen molar-refractivity contribution in [2.75, 3.05) is 18.0 Å². The highest BCUT2D eigenvalue weighted by atomic mass is 15.1. The molecule has 39 heavy (non-hydrogen) atoms. The standard InChI is InChI=1S/C36H37N.C2H6/c1-6-9-21-33-26(4)30-19-13-15-22-34(30)36(33)27(5)32(31-20-14-16-23-35(31)36)24-28(7-2)25-37(8-3)29-17-11-10-12-18-29;1-2/h6-7,9-12,14-18,20-24H,1-2,8,13,19,25H2,3-5H3;1-2H3/b21-9-,28-24+;. The normalized spacial score (nSPS) is 19.9. The fourth-order valence-electron chi connectivity index (χ4n) is 6.54. The number of hydrogen-bond donors (Lipinski definition) is 0. The minimum atomic E-state index is -0.256. The molecule has 0 bridgehead atoms. The Morgan fingerprint density at radius 3 is 2.41 bits per heavy atom. The third-order valence-electron chi connectivity index (χ3n) is 8.29. The number of hydrogen-bond acceptors (Lipinski definition) is 1. The summed E-state index contributed by atoms with van der Waals surface area (Å²) in [5, 5.41) is 0. The minimum absolute atomic E-state index is 0.256. The first kappa shape index (κ1) is 28.2. The van der Waals surface area contributed by atoms with Gasteiger partial charge in [0.05, 0.1) is 5.41 Å². The Hall–Kier alpha value is -3.84. The lowest BCUT2D eigenvalue weighted by molar-refractivity contribution is 0.743. The minimum Gasteiger partial charge on any atom is -0.367 e. The Bertz CT molecular complexity index is 1420. The zero-order valence-electron chi connectivity index (χ0n) is 24.4. The molecule has 1 heteroatoms. The van der Waals surface area contributed by atoms with Gasteiger partial charge >= 0.3 is 0 Å². The molecule has 0 aliphatic heterocycles. The van der Waals surface area contributed by atoms with Crippen molar-refractivity contribution >= 4 is 11.3 Å². The topological polar surface area (TPSA) is 3.24 Å². The fourth-order valence-corrected chi connectivity index (χ4v) is 6.54. The summed E-state index contributed by atoms with van der Waals surface area (Å²) >= 11 is 0. The van der Waals surface area contributed by atoms with Crippen molar-refractivity contribution < 1.29 is 0 Å². The van der Waals surface area contributed by atoms with E-state index < -0.39 is 0 Å². The van der Waals surface area contributed by atoms with E-state index in [-0.39, 0.29) is 5.41 Å². The first-order chi connectivity index (χ1) is 19.1. The van der Waals surface area contributed by atoms with Crippen molar-refractivity contribution in [1.82, 2.24) is 0 Å². The molecule has 0 saturated carbocycles. The van der Waals surface area contributed by atoms with E-state index in [1.165, 1.54) is 55.8 Å². The van der Waals surface area contributed by atoms with Crippen molar-refractivity contribution in [1.29, 1.82) is 0 Å².